The molecular formula is C21H25N5O2. The van der Waals surface area contributed by atoms with Crippen molar-refractivity contribution in [3.05, 3.63) is 60.4 Å². The Balaban J connectivity index is 1.38. The molecule has 1 atom stereocenters. The molecule has 0 aliphatic carbocycles. The van der Waals surface area contributed by atoms with Crippen LogP contribution in [0.2, 0.25) is 0 Å². The molecule has 1 saturated heterocycles. The molecule has 1 amide bonds. The molecule has 0 bridgehead atoms. The Bertz CT molecular complexity index is 934. The quantitative estimate of drug-likeness (QED) is 0.595. The molecule has 4 rings (SSSR count). The summed E-state index contributed by atoms with van der Waals surface area (Å²) in [7, 11) is 0. The molecule has 1 aromatic carbocycles. The van der Waals surface area contributed by atoms with Crippen LogP contribution in [0.3, 0.4) is 0 Å². The monoisotopic (exact) mass is 379 g/mol. The van der Waals surface area contributed by atoms with Gasteiger partial charge in [-0.25, -0.2) is 4.98 Å². The van der Waals surface area contributed by atoms with Gasteiger partial charge in [-0.1, -0.05) is 30.3 Å². The summed E-state index contributed by atoms with van der Waals surface area (Å²) in [5.74, 6) is -0.198. The highest BCUT2D eigenvalue weighted by Gasteiger charge is 2.16. The van der Waals surface area contributed by atoms with E-state index in [0.29, 0.717) is 12.1 Å². The van der Waals surface area contributed by atoms with Crippen LogP contribution in [-0.2, 0) is 0 Å². The lowest BCUT2D eigenvalue weighted by Gasteiger charge is -2.29. The lowest BCUT2D eigenvalue weighted by atomic mass is 10.2. The highest BCUT2D eigenvalue weighted by Crippen LogP contribution is 2.19. The number of hydrogen-bond donors (Lipinski definition) is 3. The molecule has 3 aromatic rings. The fraction of sp³-hybridized carbons (Fsp3) is 0.333. The van der Waals surface area contributed by atoms with E-state index < -0.39 is 6.10 Å². The Labute approximate surface area is 164 Å². The first-order valence-corrected chi connectivity index (χ1v) is 9.62. The number of aromatic nitrogens is 2. The Morgan fingerprint density at radius 1 is 1.14 bits per heavy atom. The minimum Gasteiger partial charge on any atom is -0.390 e. The number of nitrogens with zero attached hydrogens (tertiary/aromatic N) is 3. The molecule has 7 heteroatoms. The number of pyridine rings is 1. The van der Waals surface area contributed by atoms with Crippen LogP contribution in [0.5, 0.6) is 0 Å². The molecule has 146 valence electrons. The van der Waals surface area contributed by atoms with Gasteiger partial charge in [-0.3, -0.25) is 9.69 Å². The van der Waals surface area contributed by atoms with Crippen molar-refractivity contribution >= 4 is 11.6 Å². The number of piperazine rings is 1. The lowest BCUT2D eigenvalue weighted by Crippen LogP contribution is -2.48. The van der Waals surface area contributed by atoms with Crippen LogP contribution >= 0.6 is 0 Å². The summed E-state index contributed by atoms with van der Waals surface area (Å²) < 4.78 is 1.86. The van der Waals surface area contributed by atoms with Gasteiger partial charge in [-0.15, -0.1) is 0 Å². The van der Waals surface area contributed by atoms with Crippen molar-refractivity contribution in [3.63, 3.8) is 0 Å². The van der Waals surface area contributed by atoms with Crippen LogP contribution in [0.15, 0.2) is 54.9 Å². The number of nitrogens with one attached hydrogen (secondary N) is 2. The van der Waals surface area contributed by atoms with E-state index in [1.165, 1.54) is 0 Å². The van der Waals surface area contributed by atoms with Crippen LogP contribution < -0.4 is 10.6 Å². The Morgan fingerprint density at radius 3 is 2.71 bits per heavy atom. The molecule has 0 spiro atoms. The standard InChI is InChI=1S/C21H25N5O2/c27-18(14-25-10-8-22-9-11-25)12-23-21(28)17-6-7-20-24-19(15-26(20)13-17)16-4-2-1-3-5-16/h1-7,13,15,18,22,27H,8-12,14H2,(H,23,28). The van der Waals surface area contributed by atoms with Gasteiger partial charge in [-0.2, -0.15) is 0 Å². The van der Waals surface area contributed by atoms with Gasteiger partial charge in [-0.05, 0) is 12.1 Å². The first-order chi connectivity index (χ1) is 13.7. The first kappa shape index (κ1) is 18.6. The van der Waals surface area contributed by atoms with Crippen molar-refractivity contribution in [2.45, 2.75) is 6.10 Å². The van der Waals surface area contributed by atoms with Gasteiger partial charge in [0.25, 0.3) is 5.91 Å². The molecule has 3 N–H and O–H groups in total. The molecule has 28 heavy (non-hydrogen) atoms. The number of carbonyl (C=O) groups excluding carboxylic acids is 1. The van der Waals surface area contributed by atoms with Crippen LogP contribution in [0.25, 0.3) is 16.9 Å². The molecule has 1 aliphatic rings. The van der Waals surface area contributed by atoms with Crippen LogP contribution in [0, 0.1) is 0 Å². The number of carbonyl (C=O) groups is 1. The van der Waals surface area contributed by atoms with Crippen molar-refractivity contribution in [3.8, 4) is 11.3 Å². The van der Waals surface area contributed by atoms with Crippen molar-refractivity contribution < 1.29 is 9.90 Å². The van der Waals surface area contributed by atoms with Crippen molar-refractivity contribution in [1.29, 1.82) is 0 Å². The maximum absolute atomic E-state index is 12.5. The lowest BCUT2D eigenvalue weighted by molar-refractivity contribution is 0.0842. The van der Waals surface area contributed by atoms with Crippen molar-refractivity contribution in [1.82, 2.24) is 24.9 Å². The second-order valence-corrected chi connectivity index (χ2v) is 7.09. The number of aliphatic hydroxyl groups is 1. The molecule has 0 radical (unpaired) electrons. The average Bonchev–Trinajstić information content (AvgIpc) is 3.17. The Morgan fingerprint density at radius 2 is 1.93 bits per heavy atom. The summed E-state index contributed by atoms with van der Waals surface area (Å²) in [6, 6.07) is 13.5. The molecule has 1 aliphatic heterocycles. The summed E-state index contributed by atoms with van der Waals surface area (Å²) in [5.41, 5.74) is 3.23. The maximum atomic E-state index is 12.5. The van der Waals surface area contributed by atoms with Crippen LogP contribution in [0.4, 0.5) is 0 Å². The fourth-order valence-corrected chi connectivity index (χ4v) is 3.44. The number of benzene rings is 1. The van der Waals surface area contributed by atoms with Gasteiger partial charge in [0.2, 0.25) is 0 Å². The summed E-state index contributed by atoms with van der Waals surface area (Å²) in [5, 5.41) is 16.3. The van der Waals surface area contributed by atoms with Gasteiger partial charge >= 0.3 is 0 Å². The van der Waals surface area contributed by atoms with E-state index in [-0.39, 0.29) is 12.5 Å². The second-order valence-electron chi connectivity index (χ2n) is 7.09. The van der Waals surface area contributed by atoms with Crippen molar-refractivity contribution in [2.75, 3.05) is 39.3 Å². The zero-order valence-electron chi connectivity index (χ0n) is 15.7. The summed E-state index contributed by atoms with van der Waals surface area (Å²) in [6.07, 6.45) is 3.11. The third-order valence-corrected chi connectivity index (χ3v) is 4.96. The molecular weight excluding hydrogens is 354 g/mol. The van der Waals surface area contributed by atoms with E-state index >= 15 is 0 Å². The van der Waals surface area contributed by atoms with E-state index in [2.05, 4.69) is 20.5 Å². The van der Waals surface area contributed by atoms with Gasteiger partial charge in [0.1, 0.15) is 5.65 Å². The summed E-state index contributed by atoms with van der Waals surface area (Å²) in [4.78, 5) is 19.3. The largest absolute Gasteiger partial charge is 0.390 e. The highest BCUT2D eigenvalue weighted by atomic mass is 16.3. The third kappa shape index (κ3) is 4.39. The third-order valence-electron chi connectivity index (χ3n) is 4.96. The highest BCUT2D eigenvalue weighted by molar-refractivity contribution is 5.94. The molecule has 3 heterocycles. The maximum Gasteiger partial charge on any atom is 0.252 e. The number of amides is 1. The van der Waals surface area contributed by atoms with E-state index in [1.807, 2.05) is 47.0 Å². The Hall–Kier alpha value is -2.74. The molecule has 2 aromatic heterocycles. The minimum atomic E-state index is -0.580. The van der Waals surface area contributed by atoms with E-state index in [4.69, 9.17) is 0 Å². The van der Waals surface area contributed by atoms with Gasteiger partial charge in [0, 0.05) is 57.2 Å². The minimum absolute atomic E-state index is 0.198. The summed E-state index contributed by atoms with van der Waals surface area (Å²) >= 11 is 0. The van der Waals surface area contributed by atoms with Gasteiger partial charge < -0.3 is 20.1 Å². The predicted octanol–water partition coefficient (Wildman–Crippen LogP) is 0.997. The van der Waals surface area contributed by atoms with E-state index in [1.54, 1.807) is 12.3 Å². The number of β-amino-alcohol motifs (C(OH)–C–C–N with tert-alkyl or cyclic N) is 1. The molecule has 1 unspecified atom stereocenters. The fourth-order valence-electron chi connectivity index (χ4n) is 3.44. The van der Waals surface area contributed by atoms with Crippen LogP contribution in [-0.4, -0.2) is 70.7 Å². The SMILES string of the molecule is O=C(NCC(O)CN1CCNCC1)c1ccc2nc(-c3ccccc3)cn2c1. The zero-order valence-corrected chi connectivity index (χ0v) is 15.7. The first-order valence-electron chi connectivity index (χ1n) is 9.62. The molecule has 0 saturated carbocycles. The number of fused-ring (bicyclic) bond motifs is 1. The topological polar surface area (TPSA) is 81.9 Å². The second kappa shape index (κ2) is 8.52. The van der Waals surface area contributed by atoms with Crippen molar-refractivity contribution in [2.24, 2.45) is 0 Å². The van der Waals surface area contributed by atoms with Crippen LogP contribution in [0.1, 0.15) is 10.4 Å². The smallest absolute Gasteiger partial charge is 0.252 e. The number of hydrogen-bond acceptors (Lipinski definition) is 5. The normalized spacial score (nSPS) is 16.2. The van der Waals surface area contributed by atoms with E-state index in [9.17, 15) is 9.90 Å². The Kier molecular flexibility index (Phi) is 5.66. The predicted molar refractivity (Wildman–Crippen MR) is 108 cm³/mol. The number of rotatable bonds is 6. The number of aliphatic hydroxyl groups excluding tert-OH is 1. The van der Waals surface area contributed by atoms with Gasteiger partial charge in [0.15, 0.2) is 0 Å². The zero-order chi connectivity index (χ0) is 19.3. The number of imidazole rings is 1. The summed E-state index contributed by atoms with van der Waals surface area (Å²) in [6.45, 7) is 4.53. The molecule has 1 fully saturated rings. The molecule has 7 nitrogen and oxygen atoms in total. The van der Waals surface area contributed by atoms with E-state index in [0.717, 1.165) is 43.1 Å². The average molecular weight is 379 g/mol. The van der Waals surface area contributed by atoms with Gasteiger partial charge in [0.05, 0.1) is 17.4 Å².